The molecule has 24 heavy (non-hydrogen) atoms. The van der Waals surface area contributed by atoms with E-state index in [9.17, 15) is 4.79 Å². The molecule has 1 aliphatic rings. The van der Waals surface area contributed by atoms with Gasteiger partial charge in [0.05, 0.1) is 13.0 Å². The van der Waals surface area contributed by atoms with E-state index in [-0.39, 0.29) is 23.9 Å². The lowest BCUT2D eigenvalue weighted by Crippen LogP contribution is -2.10. The molecule has 126 valence electrons. The zero-order chi connectivity index (χ0) is 17.1. The summed E-state index contributed by atoms with van der Waals surface area (Å²) in [6.45, 7) is 4.41. The lowest BCUT2D eigenvalue weighted by Gasteiger charge is -2.18. The Hall–Kier alpha value is -2.49. The Morgan fingerprint density at radius 3 is 2.42 bits per heavy atom. The molecule has 1 aliphatic heterocycles. The van der Waals surface area contributed by atoms with Gasteiger partial charge in [-0.1, -0.05) is 50.2 Å². The van der Waals surface area contributed by atoms with Crippen molar-refractivity contribution in [2.75, 3.05) is 7.11 Å². The van der Waals surface area contributed by atoms with Crippen LogP contribution in [0.15, 0.2) is 48.5 Å². The van der Waals surface area contributed by atoms with E-state index in [4.69, 9.17) is 14.2 Å². The normalized spacial score (nSPS) is 23.0. The number of carbonyl (C=O) groups is 1. The lowest BCUT2D eigenvalue weighted by atomic mass is 9.90. The molecule has 0 aromatic heterocycles. The van der Waals surface area contributed by atoms with E-state index in [1.54, 1.807) is 7.11 Å². The Morgan fingerprint density at radius 2 is 1.79 bits per heavy atom. The van der Waals surface area contributed by atoms with Gasteiger partial charge in [0.25, 0.3) is 0 Å². The second-order valence-corrected chi connectivity index (χ2v) is 6.19. The summed E-state index contributed by atoms with van der Waals surface area (Å²) < 4.78 is 16.8. The smallest absolute Gasteiger partial charge is 0.309 e. The molecule has 0 bridgehead atoms. The summed E-state index contributed by atoms with van der Waals surface area (Å²) >= 11 is 0. The number of methoxy groups -OCH3 is 1. The topological polar surface area (TPSA) is 44.8 Å². The molecule has 3 rings (SSSR count). The van der Waals surface area contributed by atoms with Crippen LogP contribution < -0.4 is 9.47 Å². The van der Waals surface area contributed by atoms with Gasteiger partial charge in [0, 0.05) is 5.92 Å². The maximum absolute atomic E-state index is 11.8. The molecule has 1 heterocycles. The van der Waals surface area contributed by atoms with Gasteiger partial charge >= 0.3 is 5.97 Å². The van der Waals surface area contributed by atoms with Crippen LogP contribution in [0.1, 0.15) is 31.1 Å². The van der Waals surface area contributed by atoms with Gasteiger partial charge in [-0.05, 0) is 23.3 Å². The Morgan fingerprint density at radius 1 is 1.04 bits per heavy atom. The fourth-order valence-corrected chi connectivity index (χ4v) is 2.90. The van der Waals surface area contributed by atoms with Crippen molar-refractivity contribution in [3.63, 3.8) is 0 Å². The maximum Gasteiger partial charge on any atom is 0.309 e. The van der Waals surface area contributed by atoms with Gasteiger partial charge in [-0.15, -0.1) is 0 Å². The van der Waals surface area contributed by atoms with E-state index in [0.29, 0.717) is 18.1 Å². The van der Waals surface area contributed by atoms with E-state index >= 15 is 0 Å². The minimum atomic E-state index is -0.232. The molecular weight excluding hydrogens is 304 g/mol. The van der Waals surface area contributed by atoms with Crippen LogP contribution in [0.3, 0.4) is 0 Å². The summed E-state index contributed by atoms with van der Waals surface area (Å²) in [5.41, 5.74) is 2.03. The quantitative estimate of drug-likeness (QED) is 0.775. The van der Waals surface area contributed by atoms with Crippen LogP contribution in [0.4, 0.5) is 0 Å². The summed E-state index contributed by atoms with van der Waals surface area (Å²) in [5.74, 6) is 1.23. The Balaban J connectivity index is 1.77. The first-order valence-electron chi connectivity index (χ1n) is 8.15. The number of ether oxygens (including phenoxy) is 3. The van der Waals surface area contributed by atoms with Gasteiger partial charge < -0.3 is 14.2 Å². The molecule has 2 aromatic rings. The van der Waals surface area contributed by atoms with Gasteiger partial charge in [0.1, 0.15) is 12.7 Å². The molecule has 0 N–H and O–H groups in total. The van der Waals surface area contributed by atoms with Crippen molar-refractivity contribution in [1.29, 1.82) is 0 Å². The van der Waals surface area contributed by atoms with Crippen molar-refractivity contribution in [3.8, 4) is 11.5 Å². The van der Waals surface area contributed by atoms with Gasteiger partial charge in [0.2, 0.25) is 0 Å². The molecule has 2 aromatic carbocycles. The van der Waals surface area contributed by atoms with E-state index in [1.165, 1.54) is 0 Å². The van der Waals surface area contributed by atoms with Crippen molar-refractivity contribution >= 4 is 5.97 Å². The predicted octanol–water partition coefficient (Wildman–Crippen LogP) is 4.14. The van der Waals surface area contributed by atoms with Crippen LogP contribution in [-0.4, -0.2) is 13.1 Å². The highest BCUT2D eigenvalue weighted by atomic mass is 16.6. The molecular formula is C20H22O4. The summed E-state index contributed by atoms with van der Waals surface area (Å²) in [5, 5.41) is 0. The molecule has 0 unspecified atom stereocenters. The minimum Gasteiger partial charge on any atom is -0.493 e. The number of cyclic esters (lactones) is 1. The maximum atomic E-state index is 11.8. The third-order valence-electron chi connectivity index (χ3n) is 4.63. The van der Waals surface area contributed by atoms with Gasteiger partial charge in [0.15, 0.2) is 11.5 Å². The molecule has 0 radical (unpaired) electrons. The lowest BCUT2D eigenvalue weighted by molar-refractivity contribution is -0.144. The second-order valence-electron chi connectivity index (χ2n) is 6.19. The van der Waals surface area contributed by atoms with Crippen LogP contribution in [0.25, 0.3) is 0 Å². The minimum absolute atomic E-state index is 0.0880. The summed E-state index contributed by atoms with van der Waals surface area (Å²) in [7, 11) is 1.61. The standard InChI is InChI=1S/C20H22O4/c1-13-14(2)20(21)24-19(13)16-9-10-17(18(11-16)22-3)23-12-15-7-5-4-6-8-15/h4-11,13-14,19H,12H2,1-3H3/t13-,14+,19-/m0/s1. The van der Waals surface area contributed by atoms with Crippen LogP contribution >= 0.6 is 0 Å². The second kappa shape index (κ2) is 6.95. The predicted molar refractivity (Wildman–Crippen MR) is 90.9 cm³/mol. The zero-order valence-corrected chi connectivity index (χ0v) is 14.2. The molecule has 3 atom stereocenters. The molecule has 0 saturated carbocycles. The molecule has 1 saturated heterocycles. The first-order chi connectivity index (χ1) is 11.6. The van der Waals surface area contributed by atoms with E-state index in [0.717, 1.165) is 11.1 Å². The zero-order valence-electron chi connectivity index (χ0n) is 14.2. The fraction of sp³-hybridized carbons (Fsp3) is 0.350. The van der Waals surface area contributed by atoms with Crippen LogP contribution in [-0.2, 0) is 16.1 Å². The monoisotopic (exact) mass is 326 g/mol. The van der Waals surface area contributed by atoms with Crippen molar-refractivity contribution < 1.29 is 19.0 Å². The van der Waals surface area contributed by atoms with Gasteiger partial charge in [-0.25, -0.2) is 0 Å². The molecule has 1 fully saturated rings. The SMILES string of the molecule is COc1cc([C@H]2OC(=O)[C@H](C)[C@@H]2C)ccc1OCc1ccccc1. The number of rotatable bonds is 5. The van der Waals surface area contributed by atoms with Crippen molar-refractivity contribution in [1.82, 2.24) is 0 Å². The molecule has 0 aliphatic carbocycles. The third-order valence-corrected chi connectivity index (χ3v) is 4.63. The highest BCUT2D eigenvalue weighted by molar-refractivity contribution is 5.75. The number of esters is 1. The van der Waals surface area contributed by atoms with Crippen molar-refractivity contribution in [2.45, 2.75) is 26.6 Å². The first-order valence-corrected chi connectivity index (χ1v) is 8.15. The number of carbonyl (C=O) groups excluding carboxylic acids is 1. The van der Waals surface area contributed by atoms with Crippen LogP contribution in [0.2, 0.25) is 0 Å². The Bertz CT molecular complexity index is 711. The highest BCUT2D eigenvalue weighted by Gasteiger charge is 2.39. The van der Waals surface area contributed by atoms with Gasteiger partial charge in [-0.2, -0.15) is 0 Å². The number of hydrogen-bond acceptors (Lipinski definition) is 4. The van der Waals surface area contributed by atoms with E-state index in [2.05, 4.69) is 0 Å². The largest absolute Gasteiger partial charge is 0.493 e. The molecule has 0 amide bonds. The molecule has 4 nitrogen and oxygen atoms in total. The summed E-state index contributed by atoms with van der Waals surface area (Å²) in [4.78, 5) is 11.8. The van der Waals surface area contributed by atoms with Gasteiger partial charge in [-0.3, -0.25) is 4.79 Å². The van der Waals surface area contributed by atoms with Crippen molar-refractivity contribution in [3.05, 3.63) is 59.7 Å². The van der Waals surface area contributed by atoms with Crippen LogP contribution in [0, 0.1) is 11.8 Å². The summed E-state index contributed by atoms with van der Waals surface area (Å²) in [6.07, 6.45) is -0.232. The molecule has 4 heteroatoms. The van der Waals surface area contributed by atoms with Crippen LogP contribution in [0.5, 0.6) is 11.5 Å². The Labute approximate surface area is 142 Å². The Kier molecular flexibility index (Phi) is 4.74. The number of benzene rings is 2. The number of hydrogen-bond donors (Lipinski definition) is 0. The van der Waals surface area contributed by atoms with Crippen molar-refractivity contribution in [2.24, 2.45) is 11.8 Å². The first kappa shape index (κ1) is 16.4. The highest BCUT2D eigenvalue weighted by Crippen LogP contribution is 2.41. The van der Waals surface area contributed by atoms with E-state index in [1.807, 2.05) is 62.4 Å². The van der Waals surface area contributed by atoms with E-state index < -0.39 is 0 Å². The fourth-order valence-electron chi connectivity index (χ4n) is 2.90. The average molecular weight is 326 g/mol. The molecule has 0 spiro atoms. The summed E-state index contributed by atoms with van der Waals surface area (Å²) in [6, 6.07) is 15.7. The third kappa shape index (κ3) is 3.23. The average Bonchev–Trinajstić information content (AvgIpc) is 2.88.